The number of nitrogens with zero attached hydrogens (tertiary/aromatic N) is 2. The molecule has 7 rings (SSSR count). The lowest BCUT2D eigenvalue weighted by atomic mass is 9.65. The van der Waals surface area contributed by atoms with E-state index in [1.165, 1.54) is 52.3 Å². The van der Waals surface area contributed by atoms with Crippen LogP contribution in [0, 0.1) is 0 Å². The number of hydrogen-bond acceptors (Lipinski definition) is 2. The second-order valence-electron chi connectivity index (χ2n) is 12.5. The molecule has 1 heterocycles. The van der Waals surface area contributed by atoms with Gasteiger partial charge < -0.3 is 0 Å². The number of aromatic nitrogens is 2. The molecule has 0 N–H and O–H groups in total. The summed E-state index contributed by atoms with van der Waals surface area (Å²) in [5, 5.41) is 2.58. The van der Waals surface area contributed by atoms with Gasteiger partial charge in [0.15, 0.2) is 5.82 Å². The fourth-order valence-electron chi connectivity index (χ4n) is 7.30. The Morgan fingerprint density at radius 3 is 2.02 bits per heavy atom. The highest BCUT2D eigenvalue weighted by Gasteiger charge is 2.35. The van der Waals surface area contributed by atoms with Gasteiger partial charge in [-0.2, -0.15) is 0 Å². The van der Waals surface area contributed by atoms with Gasteiger partial charge in [-0.1, -0.05) is 171 Å². The Bertz CT molecular complexity index is 2050. The largest absolute Gasteiger partial charge is 0.228 e. The highest BCUT2D eigenvalue weighted by Crippen LogP contribution is 2.46. The van der Waals surface area contributed by atoms with Gasteiger partial charge in [0.1, 0.15) is 0 Å². The molecule has 0 saturated heterocycles. The average Bonchev–Trinajstić information content (AvgIpc) is 3.15. The molecule has 2 heteroatoms. The Morgan fingerprint density at radius 1 is 0.660 bits per heavy atom. The second-order valence-corrected chi connectivity index (χ2v) is 12.5. The summed E-state index contributed by atoms with van der Waals surface area (Å²) < 4.78 is 0. The van der Waals surface area contributed by atoms with Crippen LogP contribution in [0.15, 0.2) is 158 Å². The molecular weight excluding hydrogens is 569 g/mol. The van der Waals surface area contributed by atoms with E-state index in [0.717, 1.165) is 46.8 Å². The van der Waals surface area contributed by atoms with Gasteiger partial charge in [0, 0.05) is 16.5 Å². The van der Waals surface area contributed by atoms with Crippen LogP contribution in [0.3, 0.4) is 0 Å². The van der Waals surface area contributed by atoms with Crippen LogP contribution in [-0.2, 0) is 5.41 Å². The highest BCUT2D eigenvalue weighted by atomic mass is 14.9. The van der Waals surface area contributed by atoms with Gasteiger partial charge in [-0.05, 0) is 64.4 Å². The van der Waals surface area contributed by atoms with Crippen LogP contribution in [0.1, 0.15) is 55.8 Å². The molecule has 0 spiro atoms. The van der Waals surface area contributed by atoms with Crippen molar-refractivity contribution in [3.05, 3.63) is 175 Å². The van der Waals surface area contributed by atoms with E-state index in [1.807, 2.05) is 43.4 Å². The van der Waals surface area contributed by atoms with E-state index >= 15 is 0 Å². The smallest absolute Gasteiger partial charge is 0.160 e. The van der Waals surface area contributed by atoms with Gasteiger partial charge in [-0.15, -0.1) is 0 Å². The fraction of sp³-hybridized carbons (Fsp3) is 0.156. The van der Waals surface area contributed by atoms with Crippen LogP contribution in [0.4, 0.5) is 0 Å². The van der Waals surface area contributed by atoms with Crippen molar-refractivity contribution in [1.82, 2.24) is 9.97 Å². The van der Waals surface area contributed by atoms with Crippen LogP contribution >= 0.6 is 0 Å². The SMILES string of the molecule is C=C/C=C(\C=C/C)c1cc(-c2ccc(C3(c4ccc(-c5cccc6ccccc56)cc4)CCCCC3)cc2)nc(-c2ccccc2)n1. The zero-order valence-electron chi connectivity index (χ0n) is 27.1. The number of hydrogen-bond donors (Lipinski definition) is 0. The summed E-state index contributed by atoms with van der Waals surface area (Å²) in [5.74, 6) is 0.719. The number of benzene rings is 5. The molecule has 0 bridgehead atoms. The molecule has 1 aromatic heterocycles. The molecule has 0 amide bonds. The Kier molecular flexibility index (Phi) is 8.75. The predicted octanol–water partition coefficient (Wildman–Crippen LogP) is 12.0. The molecule has 1 aliphatic rings. The quantitative estimate of drug-likeness (QED) is 0.161. The number of fused-ring (bicyclic) bond motifs is 1. The van der Waals surface area contributed by atoms with Gasteiger partial charge >= 0.3 is 0 Å². The summed E-state index contributed by atoms with van der Waals surface area (Å²) in [7, 11) is 0. The van der Waals surface area contributed by atoms with Crippen molar-refractivity contribution in [2.75, 3.05) is 0 Å². The van der Waals surface area contributed by atoms with Crippen molar-refractivity contribution < 1.29 is 0 Å². The highest BCUT2D eigenvalue weighted by molar-refractivity contribution is 5.96. The zero-order valence-corrected chi connectivity index (χ0v) is 27.1. The second kappa shape index (κ2) is 13.6. The summed E-state index contributed by atoms with van der Waals surface area (Å²) in [6.45, 7) is 5.96. The van der Waals surface area contributed by atoms with Crippen molar-refractivity contribution in [2.24, 2.45) is 0 Å². The first kappa shape index (κ1) is 30.3. The molecule has 1 fully saturated rings. The Hall–Kier alpha value is -5.34. The normalized spacial score (nSPS) is 14.8. The Morgan fingerprint density at radius 2 is 1.32 bits per heavy atom. The topological polar surface area (TPSA) is 25.8 Å². The van der Waals surface area contributed by atoms with Gasteiger partial charge in [0.2, 0.25) is 0 Å². The summed E-state index contributed by atoms with van der Waals surface area (Å²) in [6.07, 6.45) is 14.0. The van der Waals surface area contributed by atoms with Crippen LogP contribution < -0.4 is 0 Å². The Labute approximate surface area is 278 Å². The van der Waals surface area contributed by atoms with Crippen molar-refractivity contribution in [1.29, 1.82) is 0 Å². The molecule has 0 radical (unpaired) electrons. The van der Waals surface area contributed by atoms with Crippen LogP contribution in [-0.4, -0.2) is 9.97 Å². The summed E-state index contributed by atoms with van der Waals surface area (Å²) in [6, 6.07) is 46.2. The molecular formula is C45H40N2. The maximum Gasteiger partial charge on any atom is 0.160 e. The van der Waals surface area contributed by atoms with E-state index in [2.05, 4.69) is 122 Å². The van der Waals surface area contributed by atoms with Crippen molar-refractivity contribution in [2.45, 2.75) is 44.4 Å². The molecule has 2 nitrogen and oxygen atoms in total. The first-order chi connectivity index (χ1) is 23.2. The van der Waals surface area contributed by atoms with Crippen molar-refractivity contribution in [3.8, 4) is 33.8 Å². The summed E-state index contributed by atoms with van der Waals surface area (Å²) in [5.41, 5.74) is 10.2. The minimum Gasteiger partial charge on any atom is -0.228 e. The first-order valence-electron chi connectivity index (χ1n) is 16.8. The van der Waals surface area contributed by atoms with Crippen molar-refractivity contribution in [3.63, 3.8) is 0 Å². The number of rotatable bonds is 8. The average molecular weight is 609 g/mol. The molecule has 0 atom stereocenters. The monoisotopic (exact) mass is 608 g/mol. The predicted molar refractivity (Wildman–Crippen MR) is 199 cm³/mol. The minimum absolute atomic E-state index is 0.00584. The summed E-state index contributed by atoms with van der Waals surface area (Å²) >= 11 is 0. The molecule has 1 saturated carbocycles. The number of allylic oxidation sites excluding steroid dienone is 5. The lowest BCUT2D eigenvalue weighted by Crippen LogP contribution is -2.30. The van der Waals surface area contributed by atoms with Gasteiger partial charge in [-0.25, -0.2) is 9.97 Å². The summed E-state index contributed by atoms with van der Waals surface area (Å²) in [4.78, 5) is 10.0. The lowest BCUT2D eigenvalue weighted by Gasteiger charge is -2.39. The third-order valence-electron chi connectivity index (χ3n) is 9.68. The van der Waals surface area contributed by atoms with E-state index in [-0.39, 0.29) is 5.41 Å². The molecule has 0 aliphatic heterocycles. The van der Waals surface area contributed by atoms with Crippen LogP contribution in [0.5, 0.6) is 0 Å². The van der Waals surface area contributed by atoms with Gasteiger partial charge in [0.25, 0.3) is 0 Å². The van der Waals surface area contributed by atoms with Gasteiger partial charge in [0.05, 0.1) is 11.4 Å². The lowest BCUT2D eigenvalue weighted by molar-refractivity contribution is 0.346. The van der Waals surface area contributed by atoms with Crippen LogP contribution in [0.2, 0.25) is 0 Å². The van der Waals surface area contributed by atoms with E-state index in [9.17, 15) is 0 Å². The minimum atomic E-state index is 0.00584. The molecule has 5 aromatic carbocycles. The standard InChI is InChI=1S/C45H40N2/c1-3-14-35(15-4-2)42-32-43(47-44(46-42)37-17-7-5-8-18-37)36-24-28-39(29-25-36)45(30-11-6-12-31-45)38-26-22-34(23-27-38)41-21-13-19-33-16-9-10-20-40(33)41/h3-5,7-10,13-29,32H,1,6,11-12,30-31H2,2H3/b15-4-,35-14+. The van der Waals surface area contributed by atoms with E-state index in [1.54, 1.807) is 0 Å². The van der Waals surface area contributed by atoms with Crippen molar-refractivity contribution >= 4 is 16.3 Å². The van der Waals surface area contributed by atoms with E-state index in [4.69, 9.17) is 9.97 Å². The Balaban J connectivity index is 1.26. The molecule has 47 heavy (non-hydrogen) atoms. The van der Waals surface area contributed by atoms with Crippen LogP contribution in [0.25, 0.3) is 50.1 Å². The molecule has 0 unspecified atom stereocenters. The maximum absolute atomic E-state index is 5.07. The zero-order chi connectivity index (χ0) is 32.1. The molecule has 6 aromatic rings. The molecule has 230 valence electrons. The first-order valence-corrected chi connectivity index (χ1v) is 16.8. The van der Waals surface area contributed by atoms with E-state index in [0.29, 0.717) is 0 Å². The maximum atomic E-state index is 5.07. The van der Waals surface area contributed by atoms with Gasteiger partial charge in [-0.3, -0.25) is 0 Å². The third kappa shape index (κ3) is 6.12. The fourth-order valence-corrected chi connectivity index (χ4v) is 7.30. The molecule has 1 aliphatic carbocycles. The van der Waals surface area contributed by atoms with E-state index < -0.39 is 0 Å². The third-order valence-corrected chi connectivity index (χ3v) is 9.68.